The molecule has 0 fully saturated rings. The van der Waals surface area contributed by atoms with Crippen molar-refractivity contribution in [1.82, 2.24) is 0 Å². The minimum Gasteiger partial charge on any atom is -0.310 e. The quantitative estimate of drug-likeness (QED) is 0.149. The van der Waals surface area contributed by atoms with E-state index in [-0.39, 0.29) is 0 Å². The van der Waals surface area contributed by atoms with Gasteiger partial charge >= 0.3 is 0 Å². The van der Waals surface area contributed by atoms with Crippen LogP contribution in [0.3, 0.4) is 0 Å². The molecule has 9 aromatic rings. The number of hydrogen-bond donors (Lipinski definition) is 0. The Morgan fingerprint density at radius 1 is 0.231 bits per heavy atom. The Morgan fingerprint density at radius 2 is 0.692 bits per heavy atom. The molecule has 0 heterocycles. The van der Waals surface area contributed by atoms with Crippen molar-refractivity contribution in [3.8, 4) is 22.3 Å². The third-order valence-electron chi connectivity index (χ3n) is 9.77. The maximum atomic E-state index is 2.41. The van der Waals surface area contributed by atoms with Crippen molar-refractivity contribution in [3.05, 3.63) is 218 Å². The van der Waals surface area contributed by atoms with Crippen LogP contribution >= 0.6 is 0 Å². The van der Waals surface area contributed by atoms with E-state index in [4.69, 9.17) is 0 Å². The molecular formula is C50H36N2. The summed E-state index contributed by atoms with van der Waals surface area (Å²) in [5.41, 5.74) is 11.3. The van der Waals surface area contributed by atoms with Gasteiger partial charge in [-0.1, -0.05) is 158 Å². The van der Waals surface area contributed by atoms with Gasteiger partial charge in [-0.2, -0.15) is 0 Å². The van der Waals surface area contributed by atoms with Gasteiger partial charge < -0.3 is 9.80 Å². The number of anilines is 6. The summed E-state index contributed by atoms with van der Waals surface area (Å²) in [5, 5.41) is 4.82. The van der Waals surface area contributed by atoms with Gasteiger partial charge in [0.15, 0.2) is 0 Å². The molecule has 2 heteroatoms. The van der Waals surface area contributed by atoms with Gasteiger partial charge in [0.05, 0.1) is 5.69 Å². The molecule has 246 valence electrons. The smallest absolute Gasteiger partial charge is 0.0561 e. The van der Waals surface area contributed by atoms with Crippen LogP contribution in [0.5, 0.6) is 0 Å². The normalized spacial score (nSPS) is 11.1. The van der Waals surface area contributed by atoms with E-state index < -0.39 is 0 Å². The second-order valence-electron chi connectivity index (χ2n) is 13.0. The van der Waals surface area contributed by atoms with Gasteiger partial charge in [-0.15, -0.1) is 0 Å². The Morgan fingerprint density at radius 3 is 1.29 bits per heavy atom. The van der Waals surface area contributed by atoms with Crippen molar-refractivity contribution in [2.45, 2.75) is 0 Å². The topological polar surface area (TPSA) is 6.48 Å². The highest BCUT2D eigenvalue weighted by Gasteiger charge is 2.22. The van der Waals surface area contributed by atoms with Crippen molar-refractivity contribution in [1.29, 1.82) is 0 Å². The maximum absolute atomic E-state index is 2.41. The van der Waals surface area contributed by atoms with Gasteiger partial charge in [-0.3, -0.25) is 0 Å². The fourth-order valence-electron chi connectivity index (χ4n) is 7.33. The van der Waals surface area contributed by atoms with Gasteiger partial charge in [-0.25, -0.2) is 0 Å². The van der Waals surface area contributed by atoms with Crippen molar-refractivity contribution in [3.63, 3.8) is 0 Å². The van der Waals surface area contributed by atoms with E-state index in [9.17, 15) is 0 Å². The minimum absolute atomic E-state index is 1.08. The summed E-state index contributed by atoms with van der Waals surface area (Å²) < 4.78 is 0. The van der Waals surface area contributed by atoms with Crippen LogP contribution in [0.15, 0.2) is 218 Å². The van der Waals surface area contributed by atoms with Gasteiger partial charge in [-0.05, 0) is 99.1 Å². The zero-order chi connectivity index (χ0) is 34.7. The molecule has 0 aliphatic heterocycles. The highest BCUT2D eigenvalue weighted by Crippen LogP contribution is 2.46. The first kappa shape index (κ1) is 31.1. The Labute approximate surface area is 305 Å². The Balaban J connectivity index is 1.33. The monoisotopic (exact) mass is 664 g/mol. The average Bonchev–Trinajstić information content (AvgIpc) is 3.23. The number of hydrogen-bond acceptors (Lipinski definition) is 2. The number of para-hydroxylation sites is 2. The predicted molar refractivity (Wildman–Crippen MR) is 222 cm³/mol. The molecule has 0 radical (unpaired) electrons. The fourth-order valence-corrected chi connectivity index (χ4v) is 7.33. The first-order valence-corrected chi connectivity index (χ1v) is 17.8. The number of nitrogens with zero attached hydrogens (tertiary/aromatic N) is 2. The van der Waals surface area contributed by atoms with Crippen molar-refractivity contribution in [2.24, 2.45) is 0 Å². The molecule has 0 aliphatic rings. The van der Waals surface area contributed by atoms with Crippen LogP contribution in [0.1, 0.15) is 0 Å². The zero-order valence-electron chi connectivity index (χ0n) is 28.7. The average molecular weight is 665 g/mol. The molecule has 9 rings (SSSR count). The van der Waals surface area contributed by atoms with Gasteiger partial charge in [0.25, 0.3) is 0 Å². The molecule has 0 saturated carbocycles. The van der Waals surface area contributed by atoms with Crippen LogP contribution in [0.4, 0.5) is 34.1 Å². The fraction of sp³-hybridized carbons (Fsp3) is 0. The number of rotatable bonds is 8. The standard InChI is InChI=1S/C50H36N2/c1-5-17-37(18-6-1)40-22-15-28-44(33-40)51(42-24-9-3-10-25-42)46-35-49-47-30-14-13-21-39(47)31-32-48(49)50(36-46)52(43-26-11-4-12-27-43)45-29-16-23-41(34-45)38-19-7-2-8-20-38/h1-36H. The third kappa shape index (κ3) is 5.97. The summed E-state index contributed by atoms with van der Waals surface area (Å²) in [5.74, 6) is 0. The zero-order valence-corrected chi connectivity index (χ0v) is 28.7. The van der Waals surface area contributed by atoms with E-state index >= 15 is 0 Å². The molecule has 0 aromatic heterocycles. The van der Waals surface area contributed by atoms with E-state index in [0.29, 0.717) is 0 Å². The van der Waals surface area contributed by atoms with Crippen molar-refractivity contribution >= 4 is 55.7 Å². The molecule has 0 aliphatic carbocycles. The molecule has 0 unspecified atom stereocenters. The molecule has 0 atom stereocenters. The number of fused-ring (bicyclic) bond motifs is 3. The summed E-state index contributed by atoms with van der Waals surface area (Å²) in [7, 11) is 0. The van der Waals surface area contributed by atoms with Crippen LogP contribution in [-0.2, 0) is 0 Å². The largest absolute Gasteiger partial charge is 0.310 e. The van der Waals surface area contributed by atoms with Crippen LogP contribution in [0.25, 0.3) is 43.8 Å². The van der Waals surface area contributed by atoms with Crippen molar-refractivity contribution < 1.29 is 0 Å². The van der Waals surface area contributed by atoms with Gasteiger partial charge in [0, 0.05) is 33.8 Å². The Hall–Kier alpha value is -6.90. The SMILES string of the molecule is c1ccc(-c2cccc(N(c3ccccc3)c3cc(N(c4ccccc4)c4cccc(-c5ccccc5)c4)c4ccc5ccccc5c4c3)c2)cc1. The molecule has 0 bridgehead atoms. The summed E-state index contributed by atoms with van der Waals surface area (Å²) in [6.45, 7) is 0. The molecule has 0 saturated heterocycles. The third-order valence-corrected chi connectivity index (χ3v) is 9.77. The van der Waals surface area contributed by atoms with Gasteiger partial charge in [0.2, 0.25) is 0 Å². The lowest BCUT2D eigenvalue weighted by Crippen LogP contribution is -2.14. The summed E-state index contributed by atoms with van der Waals surface area (Å²) in [6.07, 6.45) is 0. The first-order valence-electron chi connectivity index (χ1n) is 17.8. The molecule has 52 heavy (non-hydrogen) atoms. The van der Waals surface area contributed by atoms with E-state index in [2.05, 4.69) is 228 Å². The maximum Gasteiger partial charge on any atom is 0.0561 e. The van der Waals surface area contributed by atoms with Crippen LogP contribution < -0.4 is 9.80 Å². The molecule has 0 amide bonds. The molecule has 0 N–H and O–H groups in total. The second-order valence-corrected chi connectivity index (χ2v) is 13.0. The predicted octanol–water partition coefficient (Wildman–Crippen LogP) is 14.3. The Bertz CT molecular complexity index is 2620. The molecule has 0 spiro atoms. The summed E-state index contributed by atoms with van der Waals surface area (Å²) in [4.78, 5) is 4.80. The van der Waals surface area contributed by atoms with E-state index in [1.165, 1.54) is 43.8 Å². The van der Waals surface area contributed by atoms with Crippen molar-refractivity contribution in [2.75, 3.05) is 9.80 Å². The highest BCUT2D eigenvalue weighted by atomic mass is 15.2. The summed E-state index contributed by atoms with van der Waals surface area (Å²) in [6, 6.07) is 78.4. The van der Waals surface area contributed by atoms with Crippen LogP contribution in [0, 0.1) is 0 Å². The summed E-state index contributed by atoms with van der Waals surface area (Å²) >= 11 is 0. The number of benzene rings is 9. The highest BCUT2D eigenvalue weighted by molar-refractivity contribution is 6.14. The molecule has 2 nitrogen and oxygen atoms in total. The molecule has 9 aromatic carbocycles. The first-order chi connectivity index (χ1) is 25.8. The van der Waals surface area contributed by atoms with E-state index in [0.717, 1.165) is 34.1 Å². The van der Waals surface area contributed by atoms with Crippen LogP contribution in [0.2, 0.25) is 0 Å². The van der Waals surface area contributed by atoms with E-state index in [1.54, 1.807) is 0 Å². The molecular weight excluding hydrogens is 629 g/mol. The lowest BCUT2D eigenvalue weighted by molar-refractivity contribution is 1.26. The van der Waals surface area contributed by atoms with Crippen LogP contribution in [-0.4, -0.2) is 0 Å². The van der Waals surface area contributed by atoms with Gasteiger partial charge in [0.1, 0.15) is 0 Å². The second kappa shape index (κ2) is 13.8. The Kier molecular flexibility index (Phi) is 8.24. The lowest BCUT2D eigenvalue weighted by atomic mass is 9.97. The minimum atomic E-state index is 1.08. The lowest BCUT2D eigenvalue weighted by Gasteiger charge is -2.31. The van der Waals surface area contributed by atoms with E-state index in [1.807, 2.05) is 0 Å².